The van der Waals surface area contributed by atoms with Crippen molar-refractivity contribution in [1.82, 2.24) is 5.43 Å². The fourth-order valence-electron chi connectivity index (χ4n) is 3.31. The van der Waals surface area contributed by atoms with Gasteiger partial charge in [-0.05, 0) is 59.2 Å². The molecule has 6 nitrogen and oxygen atoms in total. The summed E-state index contributed by atoms with van der Waals surface area (Å²) in [4.78, 5) is 11.9. The lowest BCUT2D eigenvalue weighted by atomic mass is 10.1. The van der Waals surface area contributed by atoms with Gasteiger partial charge in [0, 0.05) is 0 Å². The second kappa shape index (κ2) is 9.07. The summed E-state index contributed by atoms with van der Waals surface area (Å²) in [6.45, 7) is 3.25. The van der Waals surface area contributed by atoms with Gasteiger partial charge in [0.2, 0.25) is 5.91 Å². The molecule has 154 valence electrons. The number of ether oxygens (including phenoxy) is 3. The Balaban J connectivity index is 1.27. The molecule has 0 unspecified atom stereocenters. The zero-order chi connectivity index (χ0) is 20.8. The van der Waals surface area contributed by atoms with Crippen molar-refractivity contribution in [2.24, 2.45) is 5.10 Å². The van der Waals surface area contributed by atoms with E-state index in [0.717, 1.165) is 16.9 Å². The lowest BCUT2D eigenvalue weighted by Gasteiger charge is -2.20. The lowest BCUT2D eigenvalue weighted by Crippen LogP contribution is -2.33. The molecular formula is C24H24N2O4. The molecule has 1 amide bonds. The van der Waals surface area contributed by atoms with E-state index in [4.69, 9.17) is 14.2 Å². The molecule has 0 atom stereocenters. The van der Waals surface area contributed by atoms with Crippen molar-refractivity contribution in [2.75, 3.05) is 13.2 Å². The Morgan fingerprint density at radius 2 is 1.80 bits per heavy atom. The molecule has 1 N–H and O–H groups in total. The van der Waals surface area contributed by atoms with E-state index < -0.39 is 5.79 Å². The van der Waals surface area contributed by atoms with E-state index in [-0.39, 0.29) is 12.3 Å². The van der Waals surface area contributed by atoms with Crippen molar-refractivity contribution in [3.05, 3.63) is 77.9 Å². The van der Waals surface area contributed by atoms with Crippen molar-refractivity contribution in [3.63, 3.8) is 0 Å². The van der Waals surface area contributed by atoms with Gasteiger partial charge in [0.05, 0.1) is 25.8 Å². The van der Waals surface area contributed by atoms with Crippen LogP contribution < -0.4 is 10.2 Å². The third kappa shape index (κ3) is 5.23. The normalized spacial score (nSPS) is 15.5. The zero-order valence-corrected chi connectivity index (χ0v) is 16.8. The van der Waals surface area contributed by atoms with Gasteiger partial charge in [-0.25, -0.2) is 5.43 Å². The molecule has 1 heterocycles. The van der Waals surface area contributed by atoms with Gasteiger partial charge in [-0.3, -0.25) is 4.79 Å². The van der Waals surface area contributed by atoms with Crippen LogP contribution in [0, 0.1) is 0 Å². The molecule has 4 rings (SSSR count). The first-order valence-electron chi connectivity index (χ1n) is 9.90. The Morgan fingerprint density at radius 3 is 2.57 bits per heavy atom. The summed E-state index contributed by atoms with van der Waals surface area (Å²) in [6.07, 6.45) is 1.69. The molecule has 0 aromatic heterocycles. The number of nitrogens with one attached hydrogen (secondary N) is 1. The maximum absolute atomic E-state index is 11.9. The first-order valence-corrected chi connectivity index (χ1v) is 9.90. The number of nitrogens with zero attached hydrogens (tertiary/aromatic N) is 1. The Kier molecular flexibility index (Phi) is 6.07. The van der Waals surface area contributed by atoms with Gasteiger partial charge in [0.25, 0.3) is 0 Å². The first-order chi connectivity index (χ1) is 14.6. The highest BCUT2D eigenvalue weighted by Gasteiger charge is 2.33. The number of hydrazone groups is 1. The lowest BCUT2D eigenvalue weighted by molar-refractivity contribution is -0.159. The molecule has 1 aliphatic heterocycles. The van der Waals surface area contributed by atoms with Gasteiger partial charge in [-0.2, -0.15) is 5.10 Å². The maximum Gasteiger partial charge on any atom is 0.245 e. The molecule has 3 aromatic rings. The number of hydrogen-bond acceptors (Lipinski definition) is 5. The van der Waals surface area contributed by atoms with Crippen LogP contribution in [0.1, 0.15) is 24.5 Å². The van der Waals surface area contributed by atoms with Crippen LogP contribution in [0.25, 0.3) is 10.8 Å². The SMILES string of the molecule is CC1(CC(=O)N/N=C\c2ccc(OCc3ccc4ccccc4c3)cc2)OCCO1. The van der Waals surface area contributed by atoms with Crippen molar-refractivity contribution >= 4 is 22.9 Å². The van der Waals surface area contributed by atoms with Crippen molar-refractivity contribution in [3.8, 4) is 5.75 Å². The highest BCUT2D eigenvalue weighted by atomic mass is 16.7. The Labute approximate surface area is 175 Å². The van der Waals surface area contributed by atoms with Gasteiger partial charge in [-0.15, -0.1) is 0 Å². The standard InChI is InChI=1S/C24H24N2O4/c1-24(29-12-13-30-24)15-23(27)26-25-16-18-7-10-22(11-8-18)28-17-19-6-9-20-4-2-3-5-21(20)14-19/h2-11,14,16H,12-13,15,17H2,1H3,(H,26,27)/b25-16-. The van der Waals surface area contributed by atoms with Crippen molar-refractivity contribution < 1.29 is 19.0 Å². The molecule has 3 aromatic carbocycles. The van der Waals surface area contributed by atoms with E-state index in [0.29, 0.717) is 19.8 Å². The van der Waals surface area contributed by atoms with Crippen LogP contribution in [0.15, 0.2) is 71.8 Å². The van der Waals surface area contributed by atoms with E-state index in [1.165, 1.54) is 10.8 Å². The first kappa shape index (κ1) is 20.1. The summed E-state index contributed by atoms with van der Waals surface area (Å²) < 4.78 is 16.7. The van der Waals surface area contributed by atoms with Crippen molar-refractivity contribution in [2.45, 2.75) is 25.7 Å². The minimum absolute atomic E-state index is 0.103. The monoisotopic (exact) mass is 404 g/mol. The van der Waals surface area contributed by atoms with E-state index in [1.807, 2.05) is 36.4 Å². The molecule has 1 fully saturated rings. The van der Waals surface area contributed by atoms with E-state index >= 15 is 0 Å². The summed E-state index contributed by atoms with van der Waals surface area (Å²) in [5, 5.41) is 6.41. The molecule has 6 heteroatoms. The second-order valence-corrected chi connectivity index (χ2v) is 7.34. The fraction of sp³-hybridized carbons (Fsp3) is 0.250. The van der Waals surface area contributed by atoms with Gasteiger partial charge in [0.15, 0.2) is 5.79 Å². The number of carbonyl (C=O) groups is 1. The van der Waals surface area contributed by atoms with Crippen molar-refractivity contribution in [1.29, 1.82) is 0 Å². The summed E-state index contributed by atoms with van der Waals surface area (Å²) in [7, 11) is 0. The van der Waals surface area contributed by atoms with Gasteiger partial charge in [0.1, 0.15) is 12.4 Å². The van der Waals surface area contributed by atoms with E-state index in [9.17, 15) is 4.79 Å². The zero-order valence-electron chi connectivity index (χ0n) is 16.8. The average molecular weight is 404 g/mol. The highest BCUT2D eigenvalue weighted by molar-refractivity contribution is 5.83. The molecule has 0 aliphatic carbocycles. The fourth-order valence-corrected chi connectivity index (χ4v) is 3.31. The smallest absolute Gasteiger partial charge is 0.245 e. The van der Waals surface area contributed by atoms with Crippen LogP contribution in [-0.4, -0.2) is 31.1 Å². The Morgan fingerprint density at radius 1 is 1.07 bits per heavy atom. The minimum Gasteiger partial charge on any atom is -0.489 e. The number of hydrogen-bond donors (Lipinski definition) is 1. The summed E-state index contributed by atoms with van der Waals surface area (Å²) in [5.74, 6) is -0.345. The van der Waals surface area contributed by atoms with Gasteiger partial charge in [-0.1, -0.05) is 36.4 Å². The van der Waals surface area contributed by atoms with Crippen LogP contribution >= 0.6 is 0 Å². The summed E-state index contributed by atoms with van der Waals surface area (Å²) >= 11 is 0. The molecule has 0 spiro atoms. The Bertz CT molecular complexity index is 1040. The van der Waals surface area contributed by atoms with E-state index in [1.54, 1.807) is 13.1 Å². The number of fused-ring (bicyclic) bond motifs is 1. The predicted molar refractivity (Wildman–Crippen MR) is 115 cm³/mol. The van der Waals surface area contributed by atoms with Crippen LogP contribution in [0.3, 0.4) is 0 Å². The largest absolute Gasteiger partial charge is 0.489 e. The van der Waals surface area contributed by atoms with Crippen LogP contribution in [0.4, 0.5) is 0 Å². The number of amides is 1. The Hall–Kier alpha value is -3.22. The van der Waals surface area contributed by atoms with Gasteiger partial charge < -0.3 is 14.2 Å². The maximum atomic E-state index is 11.9. The molecule has 30 heavy (non-hydrogen) atoms. The number of benzene rings is 3. The summed E-state index contributed by atoms with van der Waals surface area (Å²) in [6, 6.07) is 22.1. The third-order valence-corrected chi connectivity index (χ3v) is 4.88. The average Bonchev–Trinajstić information content (AvgIpc) is 3.18. The quantitative estimate of drug-likeness (QED) is 0.477. The van der Waals surface area contributed by atoms with Crippen LogP contribution in [-0.2, 0) is 20.9 Å². The summed E-state index contributed by atoms with van der Waals surface area (Å²) in [5.41, 5.74) is 4.47. The third-order valence-electron chi connectivity index (χ3n) is 4.88. The molecular weight excluding hydrogens is 380 g/mol. The topological polar surface area (TPSA) is 69.2 Å². The molecule has 0 radical (unpaired) electrons. The molecule has 0 bridgehead atoms. The van der Waals surface area contributed by atoms with E-state index in [2.05, 4.69) is 40.9 Å². The van der Waals surface area contributed by atoms with Crippen LogP contribution in [0.5, 0.6) is 5.75 Å². The van der Waals surface area contributed by atoms with Crippen LogP contribution in [0.2, 0.25) is 0 Å². The molecule has 0 saturated carbocycles. The predicted octanol–water partition coefficient (Wildman–Crippen LogP) is 4.02. The molecule has 1 saturated heterocycles. The number of carbonyl (C=O) groups excluding carboxylic acids is 1. The minimum atomic E-state index is -0.858. The van der Waals surface area contributed by atoms with Gasteiger partial charge >= 0.3 is 0 Å². The number of rotatable bonds is 7. The molecule has 1 aliphatic rings. The second-order valence-electron chi connectivity index (χ2n) is 7.34. The highest BCUT2D eigenvalue weighted by Crippen LogP contribution is 2.22.